The molecule has 0 aliphatic rings. The number of anilines is 2. The summed E-state index contributed by atoms with van der Waals surface area (Å²) in [5.74, 6) is -0.367. The lowest BCUT2D eigenvalue weighted by molar-refractivity contribution is -0.120. The van der Waals surface area contributed by atoms with E-state index in [0.717, 1.165) is 28.1 Å². The van der Waals surface area contributed by atoms with Gasteiger partial charge in [-0.25, -0.2) is 0 Å². The van der Waals surface area contributed by atoms with E-state index in [0.29, 0.717) is 0 Å². The second-order valence-electron chi connectivity index (χ2n) is 6.24. The molecule has 0 spiro atoms. The predicted octanol–water partition coefficient (Wildman–Crippen LogP) is 3.91. The summed E-state index contributed by atoms with van der Waals surface area (Å²) < 4.78 is 0. The summed E-state index contributed by atoms with van der Waals surface area (Å²) in [6.07, 6.45) is 0. The summed E-state index contributed by atoms with van der Waals surface area (Å²) in [6, 6.07) is 11.7. The highest BCUT2D eigenvalue weighted by molar-refractivity contribution is 6.02. The van der Waals surface area contributed by atoms with Gasteiger partial charge >= 0.3 is 0 Å². The Morgan fingerprint density at radius 2 is 1.58 bits per heavy atom. The molecule has 0 aliphatic heterocycles. The van der Waals surface area contributed by atoms with Crippen molar-refractivity contribution in [2.75, 3.05) is 16.8 Å². The van der Waals surface area contributed by atoms with Gasteiger partial charge in [-0.1, -0.05) is 18.2 Å². The van der Waals surface area contributed by atoms with Crippen molar-refractivity contribution >= 4 is 23.2 Å². The summed E-state index contributed by atoms with van der Waals surface area (Å²) in [6.45, 7) is 9.40. The molecule has 0 saturated carbocycles. The van der Waals surface area contributed by atoms with Crippen molar-refractivity contribution in [2.45, 2.75) is 34.6 Å². The van der Waals surface area contributed by atoms with Gasteiger partial charge in [-0.3, -0.25) is 9.59 Å². The molecule has 4 nitrogen and oxygen atoms in total. The first-order chi connectivity index (χ1) is 11.3. The summed E-state index contributed by atoms with van der Waals surface area (Å²) in [4.78, 5) is 25.9. The first-order valence-electron chi connectivity index (χ1n) is 8.00. The maximum Gasteiger partial charge on any atom is 0.244 e. The molecule has 0 unspecified atom stereocenters. The molecule has 2 rings (SSSR count). The van der Waals surface area contributed by atoms with Crippen molar-refractivity contribution in [1.29, 1.82) is 0 Å². The van der Waals surface area contributed by atoms with Crippen LogP contribution in [0.1, 0.15) is 29.2 Å². The molecule has 126 valence electrons. The molecular formula is C20H24N2O2. The number of rotatable bonds is 4. The summed E-state index contributed by atoms with van der Waals surface area (Å²) in [7, 11) is 0. The Labute approximate surface area is 143 Å². The quantitative estimate of drug-likeness (QED) is 0.927. The van der Waals surface area contributed by atoms with Crippen LogP contribution >= 0.6 is 0 Å². The number of amides is 2. The van der Waals surface area contributed by atoms with Gasteiger partial charge in [0.25, 0.3) is 0 Å². The number of aryl methyl sites for hydroxylation is 4. The summed E-state index contributed by atoms with van der Waals surface area (Å²) >= 11 is 0. The second-order valence-corrected chi connectivity index (χ2v) is 6.24. The van der Waals surface area contributed by atoms with Crippen molar-refractivity contribution in [3.8, 4) is 0 Å². The third-order valence-electron chi connectivity index (χ3n) is 4.13. The Morgan fingerprint density at radius 1 is 0.917 bits per heavy atom. The lowest BCUT2D eigenvalue weighted by Gasteiger charge is -2.23. The zero-order chi connectivity index (χ0) is 17.9. The SMILES string of the molecule is CC(=O)N(CC(=O)Nc1ccc(C)c(C)c1)c1cc(C)ccc1C. The number of hydrogen-bond donors (Lipinski definition) is 1. The minimum atomic E-state index is -0.214. The lowest BCUT2D eigenvalue weighted by atomic mass is 10.1. The van der Waals surface area contributed by atoms with Crippen molar-refractivity contribution in [3.63, 3.8) is 0 Å². The Balaban J connectivity index is 2.18. The molecule has 0 radical (unpaired) electrons. The van der Waals surface area contributed by atoms with Gasteiger partial charge < -0.3 is 10.2 Å². The van der Waals surface area contributed by atoms with Gasteiger partial charge in [0.15, 0.2) is 0 Å². The van der Waals surface area contributed by atoms with Gasteiger partial charge in [0.05, 0.1) is 0 Å². The Hall–Kier alpha value is -2.62. The number of hydrogen-bond acceptors (Lipinski definition) is 2. The van der Waals surface area contributed by atoms with Crippen LogP contribution in [0.15, 0.2) is 36.4 Å². The van der Waals surface area contributed by atoms with E-state index in [4.69, 9.17) is 0 Å². The highest BCUT2D eigenvalue weighted by Gasteiger charge is 2.18. The number of carbonyl (C=O) groups is 2. The summed E-state index contributed by atoms with van der Waals surface area (Å²) in [5.41, 5.74) is 5.83. The molecule has 0 saturated heterocycles. The van der Waals surface area contributed by atoms with Crippen LogP contribution in [0, 0.1) is 27.7 Å². The Morgan fingerprint density at radius 3 is 2.21 bits per heavy atom. The van der Waals surface area contributed by atoms with Gasteiger partial charge in [-0.15, -0.1) is 0 Å². The zero-order valence-corrected chi connectivity index (χ0v) is 14.9. The van der Waals surface area contributed by atoms with Crippen LogP contribution in [-0.4, -0.2) is 18.4 Å². The van der Waals surface area contributed by atoms with E-state index in [1.54, 1.807) is 0 Å². The molecule has 0 atom stereocenters. The first-order valence-corrected chi connectivity index (χ1v) is 8.00. The molecular weight excluding hydrogens is 300 g/mol. The second kappa shape index (κ2) is 7.30. The van der Waals surface area contributed by atoms with Crippen molar-refractivity contribution in [2.24, 2.45) is 0 Å². The van der Waals surface area contributed by atoms with Gasteiger partial charge in [-0.05, 0) is 68.1 Å². The third kappa shape index (κ3) is 4.22. The molecule has 24 heavy (non-hydrogen) atoms. The summed E-state index contributed by atoms with van der Waals surface area (Å²) in [5, 5.41) is 2.87. The van der Waals surface area contributed by atoms with E-state index in [2.05, 4.69) is 5.32 Å². The fraction of sp³-hybridized carbons (Fsp3) is 0.300. The van der Waals surface area contributed by atoms with Gasteiger partial charge in [0.2, 0.25) is 11.8 Å². The highest BCUT2D eigenvalue weighted by atomic mass is 16.2. The topological polar surface area (TPSA) is 49.4 Å². The van der Waals surface area contributed by atoms with Gasteiger partial charge in [-0.2, -0.15) is 0 Å². The minimum Gasteiger partial charge on any atom is -0.325 e. The fourth-order valence-corrected chi connectivity index (χ4v) is 2.54. The average Bonchev–Trinajstić information content (AvgIpc) is 2.51. The van der Waals surface area contributed by atoms with Crippen LogP contribution in [0.4, 0.5) is 11.4 Å². The van der Waals surface area contributed by atoms with E-state index in [9.17, 15) is 9.59 Å². The molecule has 0 bridgehead atoms. The molecule has 2 aromatic carbocycles. The van der Waals surface area contributed by atoms with Crippen LogP contribution in [-0.2, 0) is 9.59 Å². The van der Waals surface area contributed by atoms with Crippen LogP contribution in [0.25, 0.3) is 0 Å². The molecule has 2 amide bonds. The molecule has 0 aliphatic carbocycles. The van der Waals surface area contributed by atoms with Crippen LogP contribution < -0.4 is 10.2 Å². The molecule has 0 aromatic heterocycles. The smallest absolute Gasteiger partial charge is 0.244 e. The molecule has 2 aromatic rings. The lowest BCUT2D eigenvalue weighted by Crippen LogP contribution is -2.37. The monoisotopic (exact) mass is 324 g/mol. The maximum absolute atomic E-state index is 12.4. The molecule has 0 heterocycles. The predicted molar refractivity (Wildman–Crippen MR) is 98.5 cm³/mol. The fourth-order valence-electron chi connectivity index (χ4n) is 2.54. The number of nitrogens with one attached hydrogen (secondary N) is 1. The standard InChI is InChI=1S/C20H24N2O2/c1-13-6-7-15(3)19(10-13)22(17(5)23)12-20(24)21-18-9-8-14(2)16(4)11-18/h6-11H,12H2,1-5H3,(H,21,24). The Bertz CT molecular complexity index is 781. The van der Waals surface area contributed by atoms with Crippen molar-refractivity contribution < 1.29 is 9.59 Å². The molecule has 0 fully saturated rings. The van der Waals surface area contributed by atoms with Crippen LogP contribution in [0.5, 0.6) is 0 Å². The maximum atomic E-state index is 12.4. The molecule has 4 heteroatoms. The van der Waals surface area contributed by atoms with Crippen LogP contribution in [0.3, 0.4) is 0 Å². The first kappa shape index (κ1) is 17.7. The van der Waals surface area contributed by atoms with Gasteiger partial charge in [0.1, 0.15) is 6.54 Å². The number of nitrogens with zero attached hydrogens (tertiary/aromatic N) is 1. The van der Waals surface area contributed by atoms with E-state index in [1.165, 1.54) is 17.4 Å². The zero-order valence-electron chi connectivity index (χ0n) is 14.9. The minimum absolute atomic E-state index is 0.00739. The van der Waals surface area contributed by atoms with E-state index >= 15 is 0 Å². The van der Waals surface area contributed by atoms with E-state index in [1.807, 2.05) is 64.1 Å². The molecule has 1 N–H and O–H groups in total. The number of benzene rings is 2. The highest BCUT2D eigenvalue weighted by Crippen LogP contribution is 2.22. The average molecular weight is 324 g/mol. The van der Waals surface area contributed by atoms with E-state index in [-0.39, 0.29) is 18.4 Å². The van der Waals surface area contributed by atoms with Crippen molar-refractivity contribution in [3.05, 3.63) is 58.7 Å². The number of carbonyl (C=O) groups excluding carboxylic acids is 2. The normalized spacial score (nSPS) is 10.4. The van der Waals surface area contributed by atoms with Gasteiger partial charge in [0, 0.05) is 18.3 Å². The largest absolute Gasteiger partial charge is 0.325 e. The third-order valence-corrected chi connectivity index (χ3v) is 4.13. The van der Waals surface area contributed by atoms with E-state index < -0.39 is 0 Å². The Kier molecular flexibility index (Phi) is 5.39. The van der Waals surface area contributed by atoms with Crippen molar-refractivity contribution in [1.82, 2.24) is 0 Å². The van der Waals surface area contributed by atoms with Crippen LogP contribution in [0.2, 0.25) is 0 Å².